The molecule has 0 radical (unpaired) electrons. The SMILES string of the molecule is O=C(Cc1ccccc1)N1CC(c2nc(-c3ccccc3)no2)C1. The molecule has 0 aliphatic carbocycles. The molecule has 24 heavy (non-hydrogen) atoms. The van der Waals surface area contributed by atoms with Crippen molar-refractivity contribution in [2.75, 3.05) is 13.1 Å². The van der Waals surface area contributed by atoms with Crippen LogP contribution < -0.4 is 0 Å². The molecule has 3 aromatic rings. The summed E-state index contributed by atoms with van der Waals surface area (Å²) in [5.74, 6) is 1.48. The van der Waals surface area contributed by atoms with Crippen LogP contribution in [-0.4, -0.2) is 34.0 Å². The highest BCUT2D eigenvalue weighted by atomic mass is 16.5. The fraction of sp³-hybridized carbons (Fsp3) is 0.211. The summed E-state index contributed by atoms with van der Waals surface area (Å²) < 4.78 is 5.37. The van der Waals surface area contributed by atoms with E-state index >= 15 is 0 Å². The highest BCUT2D eigenvalue weighted by Gasteiger charge is 2.35. The molecule has 1 fully saturated rings. The third-order valence-electron chi connectivity index (χ3n) is 4.26. The summed E-state index contributed by atoms with van der Waals surface area (Å²) in [7, 11) is 0. The minimum Gasteiger partial charge on any atom is -0.341 e. The fourth-order valence-electron chi connectivity index (χ4n) is 2.83. The molecule has 0 saturated carbocycles. The van der Waals surface area contributed by atoms with Crippen LogP contribution in [0.15, 0.2) is 65.2 Å². The zero-order chi connectivity index (χ0) is 16.4. The molecule has 0 unspecified atom stereocenters. The number of aromatic nitrogens is 2. The van der Waals surface area contributed by atoms with Crippen LogP contribution in [0.2, 0.25) is 0 Å². The molecule has 4 rings (SSSR count). The molecule has 0 atom stereocenters. The monoisotopic (exact) mass is 319 g/mol. The van der Waals surface area contributed by atoms with E-state index in [2.05, 4.69) is 10.1 Å². The van der Waals surface area contributed by atoms with Gasteiger partial charge in [0, 0.05) is 18.7 Å². The summed E-state index contributed by atoms with van der Waals surface area (Å²) in [6.45, 7) is 1.28. The molecule has 0 spiro atoms. The lowest BCUT2D eigenvalue weighted by molar-refractivity contribution is -0.135. The quantitative estimate of drug-likeness (QED) is 0.742. The molecular formula is C19H17N3O2. The second kappa shape index (κ2) is 6.28. The third kappa shape index (κ3) is 2.93. The van der Waals surface area contributed by atoms with E-state index in [4.69, 9.17) is 4.52 Å². The Morgan fingerprint density at radius 1 is 1.04 bits per heavy atom. The smallest absolute Gasteiger partial charge is 0.233 e. The van der Waals surface area contributed by atoms with Gasteiger partial charge in [0.15, 0.2) is 0 Å². The van der Waals surface area contributed by atoms with Gasteiger partial charge in [-0.3, -0.25) is 4.79 Å². The lowest BCUT2D eigenvalue weighted by Gasteiger charge is -2.37. The number of carbonyl (C=O) groups is 1. The largest absolute Gasteiger partial charge is 0.341 e. The maximum Gasteiger partial charge on any atom is 0.233 e. The normalized spacial score (nSPS) is 14.4. The number of carbonyl (C=O) groups excluding carboxylic acids is 1. The first-order valence-corrected chi connectivity index (χ1v) is 8.00. The van der Waals surface area contributed by atoms with E-state index in [0.717, 1.165) is 11.1 Å². The lowest BCUT2D eigenvalue weighted by atomic mass is 9.99. The summed E-state index contributed by atoms with van der Waals surface area (Å²) >= 11 is 0. The summed E-state index contributed by atoms with van der Waals surface area (Å²) in [5, 5.41) is 4.04. The summed E-state index contributed by atoms with van der Waals surface area (Å²) in [6.07, 6.45) is 0.437. The minimum atomic E-state index is 0.134. The average Bonchev–Trinajstić information content (AvgIpc) is 3.05. The van der Waals surface area contributed by atoms with Gasteiger partial charge < -0.3 is 9.42 Å². The lowest BCUT2D eigenvalue weighted by Crippen LogP contribution is -2.49. The molecule has 1 amide bonds. The van der Waals surface area contributed by atoms with Gasteiger partial charge in [0.05, 0.1) is 12.3 Å². The first kappa shape index (κ1) is 14.6. The van der Waals surface area contributed by atoms with E-state index in [9.17, 15) is 4.79 Å². The number of nitrogens with zero attached hydrogens (tertiary/aromatic N) is 3. The van der Waals surface area contributed by atoms with Crippen LogP contribution in [0.5, 0.6) is 0 Å². The third-order valence-corrected chi connectivity index (χ3v) is 4.26. The number of hydrogen-bond donors (Lipinski definition) is 0. The predicted molar refractivity (Wildman–Crippen MR) is 89.2 cm³/mol. The summed E-state index contributed by atoms with van der Waals surface area (Å²) in [4.78, 5) is 18.6. The Labute approximate surface area is 139 Å². The van der Waals surface area contributed by atoms with Gasteiger partial charge in [0.25, 0.3) is 0 Å². The molecule has 1 aliphatic heterocycles. The molecule has 0 N–H and O–H groups in total. The molecule has 0 bridgehead atoms. The first-order chi connectivity index (χ1) is 11.8. The second-order valence-electron chi connectivity index (χ2n) is 5.98. The molecule has 2 heterocycles. The van der Waals surface area contributed by atoms with Crippen LogP contribution >= 0.6 is 0 Å². The second-order valence-corrected chi connectivity index (χ2v) is 5.98. The van der Waals surface area contributed by atoms with Gasteiger partial charge in [0.1, 0.15) is 0 Å². The van der Waals surface area contributed by atoms with Crippen LogP contribution in [0.4, 0.5) is 0 Å². The van der Waals surface area contributed by atoms with Gasteiger partial charge in [-0.2, -0.15) is 4.98 Å². The minimum absolute atomic E-state index is 0.134. The van der Waals surface area contributed by atoms with Crippen molar-refractivity contribution in [3.05, 3.63) is 72.1 Å². The van der Waals surface area contributed by atoms with Crippen molar-refractivity contribution >= 4 is 5.91 Å². The summed E-state index contributed by atoms with van der Waals surface area (Å²) in [6, 6.07) is 19.5. The van der Waals surface area contributed by atoms with Crippen LogP contribution in [0, 0.1) is 0 Å². The predicted octanol–water partition coefficient (Wildman–Crippen LogP) is 2.91. The van der Waals surface area contributed by atoms with Gasteiger partial charge in [-0.1, -0.05) is 65.8 Å². The zero-order valence-electron chi connectivity index (χ0n) is 13.1. The molecular weight excluding hydrogens is 302 g/mol. The fourth-order valence-corrected chi connectivity index (χ4v) is 2.83. The molecule has 2 aromatic carbocycles. The number of likely N-dealkylation sites (tertiary alicyclic amines) is 1. The maximum atomic E-state index is 12.3. The Morgan fingerprint density at radius 2 is 1.71 bits per heavy atom. The van der Waals surface area contributed by atoms with Crippen molar-refractivity contribution in [1.82, 2.24) is 15.0 Å². The summed E-state index contributed by atoms with van der Waals surface area (Å²) in [5.41, 5.74) is 1.97. The van der Waals surface area contributed by atoms with Gasteiger partial charge in [-0.05, 0) is 5.56 Å². The van der Waals surface area contributed by atoms with Crippen LogP contribution in [0.25, 0.3) is 11.4 Å². The van der Waals surface area contributed by atoms with Gasteiger partial charge in [0.2, 0.25) is 17.6 Å². The van der Waals surface area contributed by atoms with Crippen molar-refractivity contribution in [3.8, 4) is 11.4 Å². The van der Waals surface area contributed by atoms with Crippen molar-refractivity contribution in [2.45, 2.75) is 12.3 Å². The maximum absolute atomic E-state index is 12.3. The molecule has 1 aliphatic rings. The Balaban J connectivity index is 1.36. The van der Waals surface area contributed by atoms with E-state index in [-0.39, 0.29) is 11.8 Å². The van der Waals surface area contributed by atoms with Crippen molar-refractivity contribution < 1.29 is 9.32 Å². The van der Waals surface area contributed by atoms with E-state index in [1.54, 1.807) is 0 Å². The molecule has 5 nitrogen and oxygen atoms in total. The molecule has 5 heteroatoms. The standard InChI is InChI=1S/C19H17N3O2/c23-17(11-14-7-3-1-4-8-14)22-12-16(13-22)19-20-18(21-24-19)15-9-5-2-6-10-15/h1-10,16H,11-13H2. The number of rotatable bonds is 4. The highest BCUT2D eigenvalue weighted by molar-refractivity contribution is 5.79. The van der Waals surface area contributed by atoms with Gasteiger partial charge in [-0.25, -0.2) is 0 Å². The molecule has 120 valence electrons. The number of hydrogen-bond acceptors (Lipinski definition) is 4. The zero-order valence-corrected chi connectivity index (χ0v) is 13.1. The Bertz CT molecular complexity index is 824. The van der Waals surface area contributed by atoms with Gasteiger partial charge in [-0.15, -0.1) is 0 Å². The van der Waals surface area contributed by atoms with E-state index in [0.29, 0.717) is 31.2 Å². The van der Waals surface area contributed by atoms with Crippen molar-refractivity contribution in [2.24, 2.45) is 0 Å². The Hall–Kier alpha value is -2.95. The Morgan fingerprint density at radius 3 is 2.42 bits per heavy atom. The topological polar surface area (TPSA) is 59.2 Å². The molecule has 1 saturated heterocycles. The van der Waals surface area contributed by atoms with Crippen molar-refractivity contribution in [3.63, 3.8) is 0 Å². The first-order valence-electron chi connectivity index (χ1n) is 8.00. The Kier molecular flexibility index (Phi) is 3.83. The number of amides is 1. The van der Waals surface area contributed by atoms with E-state index in [1.807, 2.05) is 65.6 Å². The van der Waals surface area contributed by atoms with Crippen LogP contribution in [0.1, 0.15) is 17.4 Å². The molecule has 1 aromatic heterocycles. The highest BCUT2D eigenvalue weighted by Crippen LogP contribution is 2.28. The van der Waals surface area contributed by atoms with Crippen molar-refractivity contribution in [1.29, 1.82) is 0 Å². The van der Waals surface area contributed by atoms with Crippen LogP contribution in [-0.2, 0) is 11.2 Å². The average molecular weight is 319 g/mol. The van der Waals surface area contributed by atoms with E-state index < -0.39 is 0 Å². The van der Waals surface area contributed by atoms with E-state index in [1.165, 1.54) is 0 Å². The van der Waals surface area contributed by atoms with Crippen LogP contribution in [0.3, 0.4) is 0 Å². The number of benzene rings is 2. The van der Waals surface area contributed by atoms with Gasteiger partial charge >= 0.3 is 0 Å².